The van der Waals surface area contributed by atoms with E-state index in [1.807, 2.05) is 6.08 Å². The highest BCUT2D eigenvalue weighted by Crippen LogP contribution is 2.29. The molecule has 0 amide bonds. The van der Waals surface area contributed by atoms with E-state index >= 15 is 0 Å². The van der Waals surface area contributed by atoms with E-state index < -0.39 is 0 Å². The van der Waals surface area contributed by atoms with Crippen LogP contribution in [-0.4, -0.2) is 11.7 Å². The van der Waals surface area contributed by atoms with Gasteiger partial charge < -0.3 is 4.74 Å². The Morgan fingerprint density at radius 3 is 2.24 bits per heavy atom. The third kappa shape index (κ3) is 6.88. The summed E-state index contributed by atoms with van der Waals surface area (Å²) >= 11 is 0. The van der Waals surface area contributed by atoms with Gasteiger partial charge in [0, 0.05) is 0 Å². The lowest BCUT2D eigenvalue weighted by Gasteiger charge is -2.35. The second-order valence-electron chi connectivity index (χ2n) is 5.11. The first kappa shape index (κ1) is 16.7. The van der Waals surface area contributed by atoms with Gasteiger partial charge in [-0.05, 0) is 45.4 Å². The Morgan fingerprint density at radius 1 is 1.12 bits per heavy atom. The molecule has 0 heterocycles. The van der Waals surface area contributed by atoms with Crippen LogP contribution in [0.3, 0.4) is 0 Å². The van der Waals surface area contributed by atoms with Gasteiger partial charge in [-0.1, -0.05) is 39.7 Å². The van der Waals surface area contributed by atoms with E-state index in [4.69, 9.17) is 4.74 Å². The largest absolute Gasteiger partial charge is 0.372 e. The molecule has 0 saturated carbocycles. The maximum atomic E-state index is 6.27. The van der Waals surface area contributed by atoms with Gasteiger partial charge in [0.15, 0.2) is 0 Å². The van der Waals surface area contributed by atoms with Crippen molar-refractivity contribution in [1.82, 2.24) is 0 Å². The van der Waals surface area contributed by atoms with E-state index in [0.717, 1.165) is 25.7 Å². The molecule has 0 aliphatic rings. The predicted octanol–water partition coefficient (Wildman–Crippen LogP) is 5.50. The number of hydrogen-bond donors (Lipinski definition) is 0. The van der Waals surface area contributed by atoms with Gasteiger partial charge in [0.2, 0.25) is 0 Å². The molecule has 102 valence electrons. The molecule has 0 aromatic carbocycles. The molecule has 0 saturated heterocycles. The smallest absolute Gasteiger partial charge is 0.0681 e. The lowest BCUT2D eigenvalue weighted by Crippen LogP contribution is -2.34. The van der Waals surface area contributed by atoms with Crippen LogP contribution in [0.4, 0.5) is 0 Å². The Bertz CT molecular complexity index is 182. The van der Waals surface area contributed by atoms with Gasteiger partial charge in [0.1, 0.15) is 0 Å². The number of ether oxygens (including phenoxy) is 1. The average Bonchev–Trinajstić information content (AvgIpc) is 2.37. The first-order chi connectivity index (χ1) is 8.14. The number of rotatable bonds is 11. The molecule has 0 aliphatic heterocycles. The van der Waals surface area contributed by atoms with E-state index in [2.05, 4.69) is 34.3 Å². The summed E-state index contributed by atoms with van der Waals surface area (Å²) in [6.07, 6.45) is 12.0. The maximum Gasteiger partial charge on any atom is 0.0681 e. The summed E-state index contributed by atoms with van der Waals surface area (Å²) in [7, 11) is 0. The van der Waals surface area contributed by atoms with Crippen molar-refractivity contribution >= 4 is 0 Å². The highest BCUT2D eigenvalue weighted by Gasteiger charge is 2.27. The summed E-state index contributed by atoms with van der Waals surface area (Å²) in [5, 5.41) is 0. The zero-order chi connectivity index (χ0) is 13.1. The fourth-order valence-electron chi connectivity index (χ4n) is 2.25. The average molecular weight is 240 g/mol. The molecule has 1 atom stereocenters. The molecule has 0 spiro atoms. The molecule has 0 fully saturated rings. The number of hydrogen-bond acceptors (Lipinski definition) is 1. The molecule has 0 aromatic heterocycles. The number of unbranched alkanes of at least 4 members (excludes halogenated alkanes) is 3. The first-order valence-electron chi connectivity index (χ1n) is 7.42. The molecule has 1 nitrogen and oxygen atoms in total. The maximum absolute atomic E-state index is 6.27. The van der Waals surface area contributed by atoms with Crippen molar-refractivity contribution in [3.63, 3.8) is 0 Å². The molecular weight excluding hydrogens is 208 g/mol. The Balaban J connectivity index is 4.06. The van der Waals surface area contributed by atoms with Gasteiger partial charge in [-0.2, -0.15) is 0 Å². The summed E-state index contributed by atoms with van der Waals surface area (Å²) in [5.74, 6) is 0. The van der Waals surface area contributed by atoms with Crippen LogP contribution in [0, 0.1) is 0 Å². The zero-order valence-corrected chi connectivity index (χ0v) is 12.4. The highest BCUT2D eigenvalue weighted by atomic mass is 16.5. The van der Waals surface area contributed by atoms with Crippen LogP contribution < -0.4 is 0 Å². The van der Waals surface area contributed by atoms with E-state index in [-0.39, 0.29) is 5.60 Å². The third-order valence-electron chi connectivity index (χ3n) is 3.86. The molecule has 1 heteroatoms. The fraction of sp³-hybridized carbons (Fsp3) is 0.875. The van der Waals surface area contributed by atoms with Crippen molar-refractivity contribution in [2.45, 2.75) is 90.8 Å². The van der Waals surface area contributed by atoms with Crippen LogP contribution in [0.25, 0.3) is 0 Å². The Kier molecular flexibility index (Phi) is 9.53. The van der Waals surface area contributed by atoms with Crippen LogP contribution in [0.15, 0.2) is 12.7 Å². The van der Waals surface area contributed by atoms with Gasteiger partial charge >= 0.3 is 0 Å². The zero-order valence-electron chi connectivity index (χ0n) is 12.4. The SMILES string of the molecule is C=CCCCCCC(CC)(CC)OC(C)CC. The fourth-order valence-corrected chi connectivity index (χ4v) is 2.25. The minimum absolute atomic E-state index is 0.129. The second kappa shape index (κ2) is 9.70. The normalized spacial score (nSPS) is 13.6. The van der Waals surface area contributed by atoms with Gasteiger partial charge in [-0.3, -0.25) is 0 Å². The van der Waals surface area contributed by atoms with E-state index in [1.54, 1.807) is 0 Å². The van der Waals surface area contributed by atoms with Crippen molar-refractivity contribution in [3.05, 3.63) is 12.7 Å². The molecule has 0 bridgehead atoms. The molecular formula is C16H32O. The molecule has 0 radical (unpaired) electrons. The Morgan fingerprint density at radius 2 is 1.76 bits per heavy atom. The second-order valence-corrected chi connectivity index (χ2v) is 5.11. The standard InChI is InChI=1S/C16H32O/c1-6-10-11-12-13-14-16(8-3,9-4)17-15(5)7-2/h6,15H,1,7-14H2,2-5H3. The molecule has 0 N–H and O–H groups in total. The van der Waals surface area contributed by atoms with Crippen LogP contribution in [-0.2, 0) is 4.74 Å². The van der Waals surface area contributed by atoms with Crippen molar-refractivity contribution in [2.75, 3.05) is 0 Å². The van der Waals surface area contributed by atoms with Crippen LogP contribution in [0.2, 0.25) is 0 Å². The van der Waals surface area contributed by atoms with Crippen LogP contribution in [0.5, 0.6) is 0 Å². The monoisotopic (exact) mass is 240 g/mol. The topological polar surface area (TPSA) is 9.23 Å². The van der Waals surface area contributed by atoms with E-state index in [9.17, 15) is 0 Å². The van der Waals surface area contributed by atoms with Gasteiger partial charge in [0.05, 0.1) is 11.7 Å². The lowest BCUT2D eigenvalue weighted by molar-refractivity contribution is -0.0989. The molecule has 1 unspecified atom stereocenters. The highest BCUT2D eigenvalue weighted by molar-refractivity contribution is 4.79. The van der Waals surface area contributed by atoms with Crippen LogP contribution >= 0.6 is 0 Å². The van der Waals surface area contributed by atoms with E-state index in [1.165, 1.54) is 25.7 Å². The van der Waals surface area contributed by atoms with Crippen molar-refractivity contribution < 1.29 is 4.74 Å². The Labute approximate surface area is 109 Å². The summed E-state index contributed by atoms with van der Waals surface area (Å²) in [6, 6.07) is 0. The van der Waals surface area contributed by atoms with Gasteiger partial charge in [-0.25, -0.2) is 0 Å². The third-order valence-corrected chi connectivity index (χ3v) is 3.86. The molecule has 0 rings (SSSR count). The summed E-state index contributed by atoms with van der Waals surface area (Å²) in [5.41, 5.74) is 0.129. The van der Waals surface area contributed by atoms with E-state index in [0.29, 0.717) is 6.10 Å². The molecule has 0 aliphatic carbocycles. The van der Waals surface area contributed by atoms with Crippen LogP contribution in [0.1, 0.15) is 79.1 Å². The number of allylic oxidation sites excluding steroid dienone is 1. The summed E-state index contributed by atoms with van der Waals surface area (Å²) in [4.78, 5) is 0. The van der Waals surface area contributed by atoms with Gasteiger partial charge in [-0.15, -0.1) is 6.58 Å². The van der Waals surface area contributed by atoms with Gasteiger partial charge in [0.25, 0.3) is 0 Å². The minimum Gasteiger partial charge on any atom is -0.372 e. The minimum atomic E-state index is 0.129. The van der Waals surface area contributed by atoms with Crippen molar-refractivity contribution in [1.29, 1.82) is 0 Å². The summed E-state index contributed by atoms with van der Waals surface area (Å²) < 4.78 is 6.27. The summed E-state index contributed by atoms with van der Waals surface area (Å²) in [6.45, 7) is 12.7. The first-order valence-corrected chi connectivity index (χ1v) is 7.42. The quantitative estimate of drug-likeness (QED) is 0.342. The lowest BCUT2D eigenvalue weighted by atomic mass is 9.90. The Hall–Kier alpha value is -0.300. The molecule has 0 aromatic rings. The predicted molar refractivity (Wildman–Crippen MR) is 77.4 cm³/mol. The van der Waals surface area contributed by atoms with Crippen molar-refractivity contribution in [3.8, 4) is 0 Å². The molecule has 17 heavy (non-hydrogen) atoms. The van der Waals surface area contributed by atoms with Crippen molar-refractivity contribution in [2.24, 2.45) is 0 Å².